The Labute approximate surface area is 126 Å². The molecule has 1 aliphatic heterocycles. The number of piperidine rings is 1. The first-order valence-electron chi connectivity index (χ1n) is 7.03. The predicted octanol–water partition coefficient (Wildman–Crippen LogP) is 1.82. The Kier molecular flexibility index (Phi) is 3.92. The summed E-state index contributed by atoms with van der Waals surface area (Å²) >= 11 is 1.46. The second kappa shape index (κ2) is 5.85. The first kappa shape index (κ1) is 14.1. The highest BCUT2D eigenvalue weighted by Gasteiger charge is 2.23. The van der Waals surface area contributed by atoms with Gasteiger partial charge in [-0.25, -0.2) is 9.36 Å². The summed E-state index contributed by atoms with van der Waals surface area (Å²) in [5, 5.41) is 5.68. The third-order valence-electron chi connectivity index (χ3n) is 3.86. The highest BCUT2D eigenvalue weighted by atomic mass is 32.1. The van der Waals surface area contributed by atoms with Crippen LogP contribution in [0.25, 0.3) is 10.7 Å². The van der Waals surface area contributed by atoms with E-state index in [-0.39, 0.29) is 12.5 Å². The Hall–Kier alpha value is -1.89. The van der Waals surface area contributed by atoms with Gasteiger partial charge in [0.15, 0.2) is 5.82 Å². The molecule has 21 heavy (non-hydrogen) atoms. The van der Waals surface area contributed by atoms with E-state index in [1.54, 1.807) is 0 Å². The number of aromatic nitrogens is 2. The van der Waals surface area contributed by atoms with Crippen molar-refractivity contribution in [3.05, 3.63) is 28.1 Å². The summed E-state index contributed by atoms with van der Waals surface area (Å²) in [6.07, 6.45) is 2.03. The van der Waals surface area contributed by atoms with Crippen LogP contribution >= 0.6 is 11.3 Å². The van der Waals surface area contributed by atoms with E-state index in [0.29, 0.717) is 11.7 Å². The highest BCUT2D eigenvalue weighted by molar-refractivity contribution is 7.13. The van der Waals surface area contributed by atoms with Gasteiger partial charge in [-0.15, -0.1) is 11.3 Å². The molecule has 0 radical (unpaired) electrons. The number of likely N-dealkylation sites (tertiary alicyclic amines) is 1. The Balaban J connectivity index is 1.77. The lowest BCUT2D eigenvalue weighted by Crippen LogP contribution is -2.40. The van der Waals surface area contributed by atoms with E-state index >= 15 is 0 Å². The third-order valence-corrected chi connectivity index (χ3v) is 4.72. The molecule has 1 amide bonds. The minimum absolute atomic E-state index is 0.00997. The van der Waals surface area contributed by atoms with Crippen LogP contribution in [0.1, 0.15) is 19.8 Å². The number of hydrogen-bond acceptors (Lipinski definition) is 5. The zero-order valence-corrected chi connectivity index (χ0v) is 12.6. The summed E-state index contributed by atoms with van der Waals surface area (Å²) in [6, 6.07) is 3.73. The van der Waals surface area contributed by atoms with E-state index < -0.39 is 5.76 Å². The number of nitrogens with zero attached hydrogens (tertiary/aromatic N) is 3. The number of hydrogen-bond donors (Lipinski definition) is 0. The van der Waals surface area contributed by atoms with Crippen LogP contribution in [-0.4, -0.2) is 33.6 Å². The van der Waals surface area contributed by atoms with Crippen molar-refractivity contribution in [2.45, 2.75) is 26.3 Å². The van der Waals surface area contributed by atoms with Crippen molar-refractivity contribution < 1.29 is 9.32 Å². The van der Waals surface area contributed by atoms with Gasteiger partial charge in [-0.05, 0) is 30.2 Å². The zero-order chi connectivity index (χ0) is 14.8. The fourth-order valence-corrected chi connectivity index (χ4v) is 3.20. The quantitative estimate of drug-likeness (QED) is 0.867. The SMILES string of the molecule is CC1CCN(C(=O)Cn2c(-c3cccs3)noc2=O)CC1. The van der Waals surface area contributed by atoms with Crippen molar-refractivity contribution in [2.24, 2.45) is 5.92 Å². The Morgan fingerprint density at radius 2 is 2.24 bits per heavy atom. The van der Waals surface area contributed by atoms with Crippen LogP contribution in [0, 0.1) is 5.92 Å². The molecular formula is C14H17N3O3S. The average Bonchev–Trinajstić information content (AvgIpc) is 3.10. The van der Waals surface area contributed by atoms with Gasteiger partial charge in [-0.2, -0.15) is 0 Å². The molecule has 0 spiro atoms. The summed E-state index contributed by atoms with van der Waals surface area (Å²) < 4.78 is 6.03. The molecule has 3 heterocycles. The smallest absolute Gasteiger partial charge is 0.341 e. The van der Waals surface area contributed by atoms with Gasteiger partial charge >= 0.3 is 5.76 Å². The summed E-state index contributed by atoms with van der Waals surface area (Å²) in [7, 11) is 0. The van der Waals surface area contributed by atoms with Crippen LogP contribution in [0.5, 0.6) is 0 Å². The summed E-state index contributed by atoms with van der Waals surface area (Å²) in [5.41, 5.74) is 0. The topological polar surface area (TPSA) is 68.3 Å². The number of rotatable bonds is 3. The molecule has 3 rings (SSSR count). The van der Waals surface area contributed by atoms with E-state index in [9.17, 15) is 9.59 Å². The van der Waals surface area contributed by atoms with E-state index in [1.165, 1.54) is 15.9 Å². The number of carbonyl (C=O) groups is 1. The van der Waals surface area contributed by atoms with Gasteiger partial charge in [-0.1, -0.05) is 18.1 Å². The molecule has 0 aliphatic carbocycles. The lowest BCUT2D eigenvalue weighted by molar-refractivity contribution is -0.133. The first-order chi connectivity index (χ1) is 10.1. The van der Waals surface area contributed by atoms with Crippen molar-refractivity contribution in [3.63, 3.8) is 0 Å². The standard InChI is InChI=1S/C14H17N3O3S/c1-10-4-6-16(7-5-10)12(18)9-17-13(15-20-14(17)19)11-3-2-8-21-11/h2-3,8,10H,4-7,9H2,1H3. The Morgan fingerprint density at radius 3 is 2.90 bits per heavy atom. The van der Waals surface area contributed by atoms with Crippen LogP contribution in [-0.2, 0) is 11.3 Å². The van der Waals surface area contributed by atoms with Crippen molar-refractivity contribution in [3.8, 4) is 10.7 Å². The van der Waals surface area contributed by atoms with Gasteiger partial charge in [0.25, 0.3) is 0 Å². The van der Waals surface area contributed by atoms with E-state index in [4.69, 9.17) is 4.52 Å². The number of thiophene rings is 1. The van der Waals surface area contributed by atoms with Gasteiger partial charge < -0.3 is 4.90 Å². The first-order valence-corrected chi connectivity index (χ1v) is 7.91. The second-order valence-electron chi connectivity index (χ2n) is 5.40. The van der Waals surface area contributed by atoms with Crippen molar-refractivity contribution in [1.29, 1.82) is 0 Å². The largest absolute Gasteiger partial charge is 0.442 e. The molecule has 0 saturated carbocycles. The molecule has 7 heteroatoms. The lowest BCUT2D eigenvalue weighted by atomic mass is 9.99. The molecule has 2 aromatic heterocycles. The summed E-state index contributed by atoms with van der Waals surface area (Å²) in [5.74, 6) is 0.449. The van der Waals surface area contributed by atoms with Gasteiger partial charge in [0.1, 0.15) is 6.54 Å². The second-order valence-corrected chi connectivity index (χ2v) is 6.35. The van der Waals surface area contributed by atoms with Crippen LogP contribution in [0.15, 0.2) is 26.8 Å². The van der Waals surface area contributed by atoms with Crippen LogP contribution in [0.2, 0.25) is 0 Å². The fourth-order valence-electron chi connectivity index (χ4n) is 2.48. The van der Waals surface area contributed by atoms with E-state index in [0.717, 1.165) is 30.8 Å². The summed E-state index contributed by atoms with van der Waals surface area (Å²) in [6.45, 7) is 3.70. The highest BCUT2D eigenvalue weighted by Crippen LogP contribution is 2.22. The molecule has 2 aromatic rings. The Morgan fingerprint density at radius 1 is 1.48 bits per heavy atom. The normalized spacial score (nSPS) is 16.3. The fraction of sp³-hybridized carbons (Fsp3) is 0.500. The number of amides is 1. The van der Waals surface area contributed by atoms with Crippen LogP contribution in [0.3, 0.4) is 0 Å². The van der Waals surface area contributed by atoms with Crippen molar-refractivity contribution in [1.82, 2.24) is 14.6 Å². The van der Waals surface area contributed by atoms with Gasteiger partial charge in [0.05, 0.1) is 4.88 Å². The van der Waals surface area contributed by atoms with Gasteiger partial charge in [0.2, 0.25) is 5.91 Å². The van der Waals surface area contributed by atoms with Gasteiger partial charge in [-0.3, -0.25) is 9.32 Å². The monoisotopic (exact) mass is 307 g/mol. The van der Waals surface area contributed by atoms with Crippen molar-refractivity contribution >= 4 is 17.2 Å². The molecule has 0 aromatic carbocycles. The molecule has 1 fully saturated rings. The lowest BCUT2D eigenvalue weighted by Gasteiger charge is -2.30. The van der Waals surface area contributed by atoms with E-state index in [1.807, 2.05) is 22.4 Å². The molecule has 1 saturated heterocycles. The van der Waals surface area contributed by atoms with Crippen molar-refractivity contribution in [2.75, 3.05) is 13.1 Å². The van der Waals surface area contributed by atoms with Crippen LogP contribution < -0.4 is 5.76 Å². The molecule has 0 N–H and O–H groups in total. The van der Waals surface area contributed by atoms with E-state index in [2.05, 4.69) is 12.1 Å². The molecule has 6 nitrogen and oxygen atoms in total. The molecule has 112 valence electrons. The maximum atomic E-state index is 12.3. The molecule has 0 unspecified atom stereocenters. The van der Waals surface area contributed by atoms with Crippen LogP contribution in [0.4, 0.5) is 0 Å². The van der Waals surface area contributed by atoms with Gasteiger partial charge in [0, 0.05) is 13.1 Å². The predicted molar refractivity (Wildman–Crippen MR) is 79.1 cm³/mol. The molecule has 0 atom stereocenters. The molecule has 1 aliphatic rings. The third kappa shape index (κ3) is 2.92. The minimum Gasteiger partial charge on any atom is -0.341 e. The maximum absolute atomic E-state index is 12.3. The minimum atomic E-state index is -0.586. The maximum Gasteiger partial charge on any atom is 0.442 e. The Bertz CT molecular complexity index is 666. The molecule has 0 bridgehead atoms. The number of carbonyl (C=O) groups excluding carboxylic acids is 1. The summed E-state index contributed by atoms with van der Waals surface area (Å²) in [4.78, 5) is 26.8. The molecular weight excluding hydrogens is 290 g/mol. The average molecular weight is 307 g/mol. The zero-order valence-electron chi connectivity index (χ0n) is 11.8.